The fraction of sp³-hybridized carbons (Fsp3) is 1.00. The van der Waals surface area contributed by atoms with E-state index in [4.69, 9.17) is 4.74 Å². The second-order valence-electron chi connectivity index (χ2n) is 4.71. The van der Waals surface area contributed by atoms with Crippen molar-refractivity contribution >= 4 is 11.8 Å². The van der Waals surface area contributed by atoms with Crippen LogP contribution in [0.25, 0.3) is 0 Å². The molecular formula is C10H18O2S. The molecule has 0 saturated carbocycles. The maximum atomic E-state index is 9.95. The van der Waals surface area contributed by atoms with Gasteiger partial charge in [0.1, 0.15) is 0 Å². The SMILES string of the molecule is CC1(C)CC(O)C2CSCCC2O1. The molecule has 0 amide bonds. The molecule has 0 aliphatic carbocycles. The van der Waals surface area contributed by atoms with Gasteiger partial charge in [-0.1, -0.05) is 0 Å². The first-order valence-corrected chi connectivity index (χ1v) is 6.18. The first kappa shape index (κ1) is 9.81. The summed E-state index contributed by atoms with van der Waals surface area (Å²) in [7, 11) is 0. The van der Waals surface area contributed by atoms with E-state index >= 15 is 0 Å². The molecule has 1 N–H and O–H groups in total. The van der Waals surface area contributed by atoms with Crippen LogP contribution in [-0.4, -0.2) is 34.4 Å². The average Bonchev–Trinajstić information content (AvgIpc) is 2.02. The summed E-state index contributed by atoms with van der Waals surface area (Å²) in [4.78, 5) is 0. The summed E-state index contributed by atoms with van der Waals surface area (Å²) in [5.41, 5.74) is -0.122. The van der Waals surface area contributed by atoms with Gasteiger partial charge in [-0.25, -0.2) is 0 Å². The van der Waals surface area contributed by atoms with Crippen molar-refractivity contribution in [2.24, 2.45) is 5.92 Å². The molecule has 0 aromatic heterocycles. The van der Waals surface area contributed by atoms with Crippen molar-refractivity contribution in [3.05, 3.63) is 0 Å². The zero-order valence-corrected chi connectivity index (χ0v) is 9.14. The third-order valence-corrected chi connectivity index (χ3v) is 4.14. The lowest BCUT2D eigenvalue weighted by Gasteiger charge is -2.46. The number of hydrogen-bond acceptors (Lipinski definition) is 3. The van der Waals surface area contributed by atoms with Crippen LogP contribution in [0.4, 0.5) is 0 Å². The molecule has 76 valence electrons. The van der Waals surface area contributed by atoms with E-state index in [2.05, 4.69) is 13.8 Å². The lowest BCUT2D eigenvalue weighted by atomic mass is 9.84. The molecule has 3 unspecified atom stereocenters. The predicted molar refractivity (Wildman–Crippen MR) is 55.0 cm³/mol. The van der Waals surface area contributed by atoms with Crippen LogP contribution in [0, 0.1) is 5.92 Å². The summed E-state index contributed by atoms with van der Waals surface area (Å²) in [6, 6.07) is 0. The zero-order chi connectivity index (χ0) is 9.47. The summed E-state index contributed by atoms with van der Waals surface area (Å²) >= 11 is 1.94. The minimum absolute atomic E-state index is 0.122. The molecule has 0 aromatic carbocycles. The molecule has 0 aromatic rings. The third kappa shape index (κ3) is 2.03. The van der Waals surface area contributed by atoms with Crippen molar-refractivity contribution in [1.82, 2.24) is 0 Å². The van der Waals surface area contributed by atoms with E-state index in [0.717, 1.165) is 18.6 Å². The van der Waals surface area contributed by atoms with E-state index in [1.165, 1.54) is 5.75 Å². The molecule has 2 rings (SSSR count). The molecule has 0 spiro atoms. The van der Waals surface area contributed by atoms with Crippen LogP contribution < -0.4 is 0 Å². The van der Waals surface area contributed by atoms with Crippen molar-refractivity contribution in [2.45, 2.75) is 44.5 Å². The normalized spacial score (nSPS) is 44.1. The lowest BCUT2D eigenvalue weighted by molar-refractivity contribution is -0.173. The van der Waals surface area contributed by atoms with E-state index in [0.29, 0.717) is 12.0 Å². The minimum Gasteiger partial charge on any atom is -0.393 e. The van der Waals surface area contributed by atoms with Gasteiger partial charge in [-0.15, -0.1) is 0 Å². The Hall–Kier alpha value is 0.270. The largest absolute Gasteiger partial charge is 0.393 e. The van der Waals surface area contributed by atoms with Gasteiger partial charge in [-0.3, -0.25) is 0 Å². The number of ether oxygens (including phenoxy) is 1. The van der Waals surface area contributed by atoms with Crippen molar-refractivity contribution in [3.63, 3.8) is 0 Å². The van der Waals surface area contributed by atoms with Gasteiger partial charge in [0.15, 0.2) is 0 Å². The van der Waals surface area contributed by atoms with Crippen LogP contribution in [0.3, 0.4) is 0 Å². The molecule has 0 radical (unpaired) electrons. The van der Waals surface area contributed by atoms with E-state index in [-0.39, 0.29) is 11.7 Å². The first-order chi connectivity index (χ1) is 6.08. The smallest absolute Gasteiger partial charge is 0.0655 e. The summed E-state index contributed by atoms with van der Waals surface area (Å²) in [5, 5.41) is 9.95. The van der Waals surface area contributed by atoms with Crippen LogP contribution in [0.2, 0.25) is 0 Å². The van der Waals surface area contributed by atoms with Crippen LogP contribution in [0.5, 0.6) is 0 Å². The number of aliphatic hydroxyl groups excluding tert-OH is 1. The summed E-state index contributed by atoms with van der Waals surface area (Å²) in [6.45, 7) is 4.16. The molecular weight excluding hydrogens is 184 g/mol. The maximum Gasteiger partial charge on any atom is 0.0655 e. The van der Waals surface area contributed by atoms with Crippen molar-refractivity contribution < 1.29 is 9.84 Å². The van der Waals surface area contributed by atoms with Crippen LogP contribution in [0.15, 0.2) is 0 Å². The zero-order valence-electron chi connectivity index (χ0n) is 8.32. The van der Waals surface area contributed by atoms with Gasteiger partial charge < -0.3 is 9.84 Å². The Labute approximate surface area is 84.0 Å². The molecule has 2 fully saturated rings. The number of thioether (sulfide) groups is 1. The molecule has 2 nitrogen and oxygen atoms in total. The molecule has 2 saturated heterocycles. The topological polar surface area (TPSA) is 29.5 Å². The Morgan fingerprint density at radius 2 is 2.23 bits per heavy atom. The van der Waals surface area contributed by atoms with Crippen LogP contribution in [-0.2, 0) is 4.74 Å². The fourth-order valence-corrected chi connectivity index (χ4v) is 3.63. The fourth-order valence-electron chi connectivity index (χ4n) is 2.36. The minimum atomic E-state index is -0.151. The highest BCUT2D eigenvalue weighted by Crippen LogP contribution is 2.38. The maximum absolute atomic E-state index is 9.95. The molecule has 2 heterocycles. The van der Waals surface area contributed by atoms with Crippen molar-refractivity contribution in [3.8, 4) is 0 Å². The van der Waals surface area contributed by atoms with E-state index < -0.39 is 0 Å². The Morgan fingerprint density at radius 1 is 1.46 bits per heavy atom. The van der Waals surface area contributed by atoms with E-state index in [9.17, 15) is 5.11 Å². The highest BCUT2D eigenvalue weighted by Gasteiger charge is 2.42. The Balaban J connectivity index is 2.07. The Kier molecular flexibility index (Phi) is 2.60. The third-order valence-electron chi connectivity index (χ3n) is 3.00. The number of rotatable bonds is 0. The van der Waals surface area contributed by atoms with E-state index in [1.54, 1.807) is 0 Å². The Morgan fingerprint density at radius 3 is 3.00 bits per heavy atom. The van der Waals surface area contributed by atoms with Gasteiger partial charge in [-0.2, -0.15) is 11.8 Å². The molecule has 2 aliphatic rings. The Bertz CT molecular complexity index is 193. The van der Waals surface area contributed by atoms with Crippen LogP contribution in [0.1, 0.15) is 26.7 Å². The second kappa shape index (κ2) is 3.44. The summed E-state index contributed by atoms with van der Waals surface area (Å²) in [6.07, 6.45) is 2.05. The number of fused-ring (bicyclic) bond motifs is 1. The molecule has 0 bridgehead atoms. The van der Waals surface area contributed by atoms with E-state index in [1.807, 2.05) is 11.8 Å². The lowest BCUT2D eigenvalue weighted by Crippen LogP contribution is -2.51. The standard InChI is InChI=1S/C10H18O2S/c1-10(2)5-8(11)7-6-13-4-3-9(7)12-10/h7-9,11H,3-6H2,1-2H3. The van der Waals surface area contributed by atoms with Gasteiger partial charge in [-0.05, 0) is 26.0 Å². The second-order valence-corrected chi connectivity index (χ2v) is 5.86. The highest BCUT2D eigenvalue weighted by atomic mass is 32.2. The monoisotopic (exact) mass is 202 g/mol. The van der Waals surface area contributed by atoms with Crippen molar-refractivity contribution in [1.29, 1.82) is 0 Å². The predicted octanol–water partition coefficient (Wildman–Crippen LogP) is 1.67. The number of hydrogen-bond donors (Lipinski definition) is 1. The quantitative estimate of drug-likeness (QED) is 0.648. The first-order valence-electron chi connectivity index (χ1n) is 5.02. The molecule has 3 heteroatoms. The molecule has 2 aliphatic heterocycles. The van der Waals surface area contributed by atoms with Gasteiger partial charge >= 0.3 is 0 Å². The number of aliphatic hydroxyl groups is 1. The van der Waals surface area contributed by atoms with Gasteiger partial charge in [0, 0.05) is 18.1 Å². The summed E-state index contributed by atoms with van der Waals surface area (Å²) in [5.74, 6) is 2.64. The summed E-state index contributed by atoms with van der Waals surface area (Å²) < 4.78 is 5.97. The van der Waals surface area contributed by atoms with Crippen LogP contribution >= 0.6 is 11.8 Å². The van der Waals surface area contributed by atoms with Gasteiger partial charge in [0.25, 0.3) is 0 Å². The van der Waals surface area contributed by atoms with Gasteiger partial charge in [0.2, 0.25) is 0 Å². The molecule has 3 atom stereocenters. The highest BCUT2D eigenvalue weighted by molar-refractivity contribution is 7.99. The molecule has 13 heavy (non-hydrogen) atoms. The average molecular weight is 202 g/mol. The van der Waals surface area contributed by atoms with Crippen molar-refractivity contribution in [2.75, 3.05) is 11.5 Å². The van der Waals surface area contributed by atoms with Gasteiger partial charge in [0.05, 0.1) is 17.8 Å².